The maximum absolute atomic E-state index is 13.9. The van der Waals surface area contributed by atoms with Gasteiger partial charge >= 0.3 is 0 Å². The summed E-state index contributed by atoms with van der Waals surface area (Å²) < 4.78 is 15.0. The summed E-state index contributed by atoms with van der Waals surface area (Å²) in [4.78, 5) is 1.26. The second kappa shape index (κ2) is 6.45. The number of likely N-dealkylation sites (N-methyl/N-ethyl adjacent to an activating group) is 1. The summed E-state index contributed by atoms with van der Waals surface area (Å²) in [5.41, 5.74) is 0.784. The molecule has 0 bridgehead atoms. The molecule has 0 aliphatic rings. The molecule has 0 radical (unpaired) electrons. The van der Waals surface area contributed by atoms with Crippen LogP contribution in [0.4, 0.5) is 4.39 Å². The van der Waals surface area contributed by atoms with Crippen LogP contribution in [0.5, 0.6) is 0 Å². The molecule has 0 aliphatic heterocycles. The molecule has 0 amide bonds. The zero-order chi connectivity index (χ0) is 13.0. The summed E-state index contributed by atoms with van der Waals surface area (Å²) in [6, 6.07) is 9.07. The van der Waals surface area contributed by atoms with Crippen LogP contribution < -0.4 is 5.32 Å². The normalized spacial score (nSPS) is 12.6. The minimum absolute atomic E-state index is 0.120. The Balaban J connectivity index is 2.24. The number of nitrogens with one attached hydrogen (secondary N) is 1. The van der Waals surface area contributed by atoms with E-state index < -0.39 is 0 Å². The molecule has 0 spiro atoms. The van der Waals surface area contributed by atoms with E-state index in [1.165, 1.54) is 10.9 Å². The highest BCUT2D eigenvalue weighted by atomic mass is 79.9. The molecular formula is C14H15BrFNS. The van der Waals surface area contributed by atoms with Crippen LogP contribution in [0.3, 0.4) is 0 Å². The van der Waals surface area contributed by atoms with Crippen LogP contribution in [0.15, 0.2) is 40.2 Å². The SMILES string of the molecule is CNCC(Cc1sccc1Br)c1ccccc1F. The summed E-state index contributed by atoms with van der Waals surface area (Å²) in [5.74, 6) is 0.0385. The predicted octanol–water partition coefficient (Wildman–Crippen LogP) is 4.20. The third kappa shape index (κ3) is 3.19. The second-order valence-corrected chi connectivity index (χ2v) is 6.03. The van der Waals surface area contributed by atoms with Crippen molar-refractivity contribution in [2.75, 3.05) is 13.6 Å². The van der Waals surface area contributed by atoms with Crippen LogP contribution in [-0.4, -0.2) is 13.6 Å². The maximum Gasteiger partial charge on any atom is 0.126 e. The fraction of sp³-hybridized carbons (Fsp3) is 0.286. The highest BCUT2D eigenvalue weighted by Gasteiger charge is 2.17. The molecule has 1 unspecified atom stereocenters. The van der Waals surface area contributed by atoms with Gasteiger partial charge < -0.3 is 5.32 Å². The molecular weight excluding hydrogens is 313 g/mol. The van der Waals surface area contributed by atoms with Crippen molar-refractivity contribution in [3.8, 4) is 0 Å². The topological polar surface area (TPSA) is 12.0 Å². The molecule has 2 rings (SSSR count). The number of benzene rings is 1. The fourth-order valence-electron chi connectivity index (χ4n) is 2.04. The lowest BCUT2D eigenvalue weighted by molar-refractivity contribution is 0.558. The van der Waals surface area contributed by atoms with Gasteiger partial charge in [0.25, 0.3) is 0 Å². The summed E-state index contributed by atoms with van der Waals surface area (Å²) in [7, 11) is 1.90. The lowest BCUT2D eigenvalue weighted by Crippen LogP contribution is -2.20. The average Bonchev–Trinajstić information content (AvgIpc) is 2.75. The Morgan fingerprint density at radius 1 is 1.33 bits per heavy atom. The number of halogens is 2. The van der Waals surface area contributed by atoms with Crippen molar-refractivity contribution < 1.29 is 4.39 Å². The highest BCUT2D eigenvalue weighted by Crippen LogP contribution is 2.30. The number of thiophene rings is 1. The van der Waals surface area contributed by atoms with Crippen LogP contribution in [0, 0.1) is 5.82 Å². The first-order valence-corrected chi connectivity index (χ1v) is 7.50. The fourth-order valence-corrected chi connectivity index (χ4v) is 3.63. The van der Waals surface area contributed by atoms with Gasteiger partial charge in [-0.05, 0) is 52.5 Å². The van der Waals surface area contributed by atoms with E-state index in [2.05, 4.69) is 26.6 Å². The van der Waals surface area contributed by atoms with Crippen LogP contribution in [0.2, 0.25) is 0 Å². The lowest BCUT2D eigenvalue weighted by Gasteiger charge is -2.17. The first-order valence-electron chi connectivity index (χ1n) is 5.83. The van der Waals surface area contributed by atoms with E-state index in [9.17, 15) is 4.39 Å². The quantitative estimate of drug-likeness (QED) is 0.868. The van der Waals surface area contributed by atoms with Crippen molar-refractivity contribution >= 4 is 27.3 Å². The Labute approximate surface area is 119 Å². The van der Waals surface area contributed by atoms with E-state index >= 15 is 0 Å². The minimum Gasteiger partial charge on any atom is -0.319 e. The third-order valence-electron chi connectivity index (χ3n) is 2.92. The molecule has 1 heterocycles. The Morgan fingerprint density at radius 2 is 2.11 bits per heavy atom. The summed E-state index contributed by atoms with van der Waals surface area (Å²) in [6.45, 7) is 0.769. The average molecular weight is 328 g/mol. The molecule has 2 aromatic rings. The maximum atomic E-state index is 13.9. The predicted molar refractivity (Wildman–Crippen MR) is 78.8 cm³/mol. The van der Waals surface area contributed by atoms with Gasteiger partial charge in [-0.2, -0.15) is 0 Å². The van der Waals surface area contributed by atoms with E-state index in [0.717, 1.165) is 23.0 Å². The highest BCUT2D eigenvalue weighted by molar-refractivity contribution is 9.10. The molecule has 1 aromatic heterocycles. The molecule has 0 saturated heterocycles. The van der Waals surface area contributed by atoms with Crippen molar-refractivity contribution in [2.45, 2.75) is 12.3 Å². The first-order chi connectivity index (χ1) is 8.72. The van der Waals surface area contributed by atoms with Gasteiger partial charge in [-0.15, -0.1) is 11.3 Å². The third-order valence-corrected chi connectivity index (χ3v) is 4.87. The molecule has 1 atom stereocenters. The molecule has 96 valence electrons. The molecule has 1 aromatic carbocycles. The van der Waals surface area contributed by atoms with Gasteiger partial charge in [-0.1, -0.05) is 18.2 Å². The summed E-state index contributed by atoms with van der Waals surface area (Å²) in [6.07, 6.45) is 0.847. The van der Waals surface area contributed by atoms with Gasteiger partial charge in [-0.25, -0.2) is 4.39 Å². The number of rotatable bonds is 5. The minimum atomic E-state index is -0.120. The molecule has 0 saturated carbocycles. The molecule has 0 fully saturated rings. The number of hydrogen-bond donors (Lipinski definition) is 1. The van der Waals surface area contributed by atoms with Gasteiger partial charge in [-0.3, -0.25) is 0 Å². The van der Waals surface area contributed by atoms with E-state index in [-0.39, 0.29) is 11.7 Å². The molecule has 1 N–H and O–H groups in total. The first kappa shape index (κ1) is 13.7. The lowest BCUT2D eigenvalue weighted by atomic mass is 9.94. The monoisotopic (exact) mass is 327 g/mol. The Morgan fingerprint density at radius 3 is 2.72 bits per heavy atom. The molecule has 1 nitrogen and oxygen atoms in total. The van der Waals surface area contributed by atoms with E-state index in [4.69, 9.17) is 0 Å². The smallest absolute Gasteiger partial charge is 0.126 e. The molecule has 18 heavy (non-hydrogen) atoms. The van der Waals surface area contributed by atoms with Crippen molar-refractivity contribution in [2.24, 2.45) is 0 Å². The Hall–Kier alpha value is -0.710. The Kier molecular flexibility index (Phi) is 4.92. The van der Waals surface area contributed by atoms with E-state index in [1.54, 1.807) is 17.4 Å². The Bertz CT molecular complexity index is 512. The van der Waals surface area contributed by atoms with Crippen LogP contribution in [0.1, 0.15) is 16.4 Å². The van der Waals surface area contributed by atoms with Gasteiger partial charge in [0.05, 0.1) is 0 Å². The van der Waals surface area contributed by atoms with Crippen LogP contribution >= 0.6 is 27.3 Å². The zero-order valence-electron chi connectivity index (χ0n) is 10.1. The summed E-state index contributed by atoms with van der Waals surface area (Å²) in [5, 5.41) is 5.20. The van der Waals surface area contributed by atoms with Gasteiger partial charge in [0, 0.05) is 21.8 Å². The summed E-state index contributed by atoms with van der Waals surface area (Å²) >= 11 is 5.24. The van der Waals surface area contributed by atoms with E-state index in [0.29, 0.717) is 0 Å². The molecule has 0 aliphatic carbocycles. The van der Waals surface area contributed by atoms with Crippen molar-refractivity contribution in [3.63, 3.8) is 0 Å². The van der Waals surface area contributed by atoms with Crippen LogP contribution in [0.25, 0.3) is 0 Å². The number of hydrogen-bond acceptors (Lipinski definition) is 2. The second-order valence-electron chi connectivity index (χ2n) is 4.17. The van der Waals surface area contributed by atoms with Crippen molar-refractivity contribution in [1.29, 1.82) is 0 Å². The molecule has 4 heteroatoms. The van der Waals surface area contributed by atoms with Gasteiger partial charge in [0.15, 0.2) is 0 Å². The standard InChI is InChI=1S/C14H15BrFNS/c1-17-9-10(8-14-12(15)6-7-18-14)11-4-2-3-5-13(11)16/h2-7,10,17H,8-9H2,1H3. The van der Waals surface area contributed by atoms with Gasteiger partial charge in [0.1, 0.15) is 5.82 Å². The van der Waals surface area contributed by atoms with Gasteiger partial charge in [0.2, 0.25) is 0 Å². The largest absolute Gasteiger partial charge is 0.319 e. The van der Waals surface area contributed by atoms with Crippen molar-refractivity contribution in [1.82, 2.24) is 5.32 Å². The van der Waals surface area contributed by atoms with E-state index in [1.807, 2.05) is 25.2 Å². The zero-order valence-corrected chi connectivity index (χ0v) is 12.5. The van der Waals surface area contributed by atoms with Crippen molar-refractivity contribution in [3.05, 3.63) is 56.4 Å². The van der Waals surface area contributed by atoms with Crippen LogP contribution in [-0.2, 0) is 6.42 Å².